The number of benzene rings is 3. The first-order valence-electron chi connectivity index (χ1n) is 8.87. The third kappa shape index (κ3) is 5.79. The summed E-state index contributed by atoms with van der Waals surface area (Å²) in [4.78, 5) is 24.1. The molecule has 0 aliphatic heterocycles. The molecule has 0 aliphatic carbocycles. The van der Waals surface area contributed by atoms with Gasteiger partial charge in [0.1, 0.15) is 0 Å². The van der Waals surface area contributed by atoms with Gasteiger partial charge in [-0.25, -0.2) is 0 Å². The molecule has 0 aliphatic rings. The Balaban J connectivity index is 1.88. The molecule has 0 aromatic heterocycles. The fraction of sp³-hybridized carbons (Fsp3) is 0.0870. The number of nitro groups is 1. The van der Waals surface area contributed by atoms with Gasteiger partial charge >= 0.3 is 0 Å². The second-order valence-corrected chi connectivity index (χ2v) is 7.92. The number of ketones is 1. The predicted molar refractivity (Wildman–Crippen MR) is 119 cm³/mol. The molecule has 0 unspecified atom stereocenters. The molecule has 3 aromatic carbocycles. The molecule has 0 heterocycles. The van der Waals surface area contributed by atoms with E-state index in [2.05, 4.69) is 0 Å². The van der Waals surface area contributed by atoms with Gasteiger partial charge < -0.3 is 0 Å². The Labute approximate surface area is 178 Å². The first-order chi connectivity index (χ1) is 13.9. The summed E-state index contributed by atoms with van der Waals surface area (Å²) in [7, 11) is 0. The van der Waals surface area contributed by atoms with E-state index < -0.39 is 4.92 Å². The Bertz CT molecular complexity index is 1040. The first-order valence-corrected chi connectivity index (χ1v) is 10.2. The van der Waals surface area contributed by atoms with Gasteiger partial charge in [-0.1, -0.05) is 53.6 Å². The van der Waals surface area contributed by atoms with Gasteiger partial charge in [-0.3, -0.25) is 14.9 Å². The number of thioether (sulfide) groups is 1. The molecule has 0 N–H and O–H groups in total. The average molecular weight is 424 g/mol. The van der Waals surface area contributed by atoms with E-state index in [9.17, 15) is 14.9 Å². The number of aryl methyl sites for hydroxylation is 1. The van der Waals surface area contributed by atoms with Crippen LogP contribution in [-0.4, -0.2) is 10.7 Å². The van der Waals surface area contributed by atoms with Gasteiger partial charge in [0.25, 0.3) is 5.69 Å². The van der Waals surface area contributed by atoms with Crippen molar-refractivity contribution in [3.8, 4) is 0 Å². The SMILES string of the molecule is Cc1ccc(C(=O)/C(=C/c2ccc([N+](=O)[O-])cc2)SCc2ccc(Cl)cc2)cc1. The van der Waals surface area contributed by atoms with Gasteiger partial charge in [0.05, 0.1) is 9.83 Å². The highest BCUT2D eigenvalue weighted by atomic mass is 35.5. The summed E-state index contributed by atoms with van der Waals surface area (Å²) in [5.74, 6) is 0.524. The summed E-state index contributed by atoms with van der Waals surface area (Å²) in [5, 5.41) is 11.5. The first kappa shape index (κ1) is 20.8. The normalized spacial score (nSPS) is 11.3. The quantitative estimate of drug-likeness (QED) is 0.183. The Morgan fingerprint density at radius 2 is 1.62 bits per heavy atom. The summed E-state index contributed by atoms with van der Waals surface area (Å²) in [6.45, 7) is 1.97. The Kier molecular flexibility index (Phi) is 6.86. The van der Waals surface area contributed by atoms with Gasteiger partial charge in [-0.15, -0.1) is 11.8 Å². The van der Waals surface area contributed by atoms with E-state index >= 15 is 0 Å². The molecule has 29 heavy (non-hydrogen) atoms. The number of nitrogens with zero attached hydrogens (tertiary/aromatic N) is 1. The van der Waals surface area contributed by atoms with Gasteiger partial charge in [-0.05, 0) is 48.4 Å². The van der Waals surface area contributed by atoms with Crippen LogP contribution in [0.1, 0.15) is 27.0 Å². The van der Waals surface area contributed by atoms with Crippen molar-refractivity contribution in [2.45, 2.75) is 12.7 Å². The van der Waals surface area contributed by atoms with Crippen molar-refractivity contribution in [1.82, 2.24) is 0 Å². The number of carbonyl (C=O) groups excluding carboxylic acids is 1. The van der Waals surface area contributed by atoms with Crippen LogP contribution in [0.3, 0.4) is 0 Å². The van der Waals surface area contributed by atoms with Crippen LogP contribution in [0, 0.1) is 17.0 Å². The van der Waals surface area contributed by atoms with Gasteiger partial charge in [0, 0.05) is 28.5 Å². The summed E-state index contributed by atoms with van der Waals surface area (Å²) < 4.78 is 0. The van der Waals surface area contributed by atoms with Crippen LogP contribution in [0.25, 0.3) is 6.08 Å². The minimum Gasteiger partial charge on any atom is -0.288 e. The summed E-state index contributed by atoms with van der Waals surface area (Å²) in [5.41, 5.74) is 3.48. The van der Waals surface area contributed by atoms with E-state index in [1.807, 2.05) is 55.5 Å². The molecule has 0 spiro atoms. The van der Waals surface area contributed by atoms with Gasteiger partial charge in [-0.2, -0.15) is 0 Å². The second-order valence-electron chi connectivity index (χ2n) is 6.47. The van der Waals surface area contributed by atoms with Crippen LogP contribution < -0.4 is 0 Å². The largest absolute Gasteiger partial charge is 0.288 e. The van der Waals surface area contributed by atoms with Crippen LogP contribution in [0.2, 0.25) is 5.02 Å². The smallest absolute Gasteiger partial charge is 0.269 e. The Morgan fingerprint density at radius 1 is 1.00 bits per heavy atom. The Hall–Kier alpha value is -2.89. The fourth-order valence-electron chi connectivity index (χ4n) is 2.61. The van der Waals surface area contributed by atoms with E-state index in [1.165, 1.54) is 23.9 Å². The molecule has 6 heteroatoms. The van der Waals surface area contributed by atoms with Gasteiger partial charge in [0.15, 0.2) is 5.78 Å². The number of Topliss-reactive ketones (excluding diaryl/α,β-unsaturated/α-hetero) is 1. The number of hydrogen-bond acceptors (Lipinski definition) is 4. The molecule has 0 bridgehead atoms. The van der Waals surface area contributed by atoms with Crippen molar-refractivity contribution in [2.24, 2.45) is 0 Å². The number of halogens is 1. The third-order valence-corrected chi connectivity index (χ3v) is 5.59. The molecule has 0 atom stereocenters. The highest BCUT2D eigenvalue weighted by Gasteiger charge is 2.14. The molecule has 0 fully saturated rings. The molecular formula is C23H18ClNO3S. The number of hydrogen-bond donors (Lipinski definition) is 0. The lowest BCUT2D eigenvalue weighted by atomic mass is 10.1. The molecule has 0 saturated heterocycles. The second kappa shape index (κ2) is 9.54. The van der Waals surface area contributed by atoms with E-state index in [0.717, 1.165) is 16.7 Å². The number of carbonyl (C=O) groups is 1. The molecule has 0 amide bonds. The van der Waals surface area contributed by atoms with Crippen molar-refractivity contribution in [3.63, 3.8) is 0 Å². The zero-order valence-electron chi connectivity index (χ0n) is 15.7. The highest BCUT2D eigenvalue weighted by molar-refractivity contribution is 8.03. The maximum absolute atomic E-state index is 13.1. The van der Waals surface area contributed by atoms with Gasteiger partial charge in [0.2, 0.25) is 0 Å². The molecule has 4 nitrogen and oxygen atoms in total. The van der Waals surface area contributed by atoms with Crippen molar-refractivity contribution in [3.05, 3.63) is 115 Å². The lowest BCUT2D eigenvalue weighted by Crippen LogP contribution is -2.01. The minimum atomic E-state index is -0.443. The highest BCUT2D eigenvalue weighted by Crippen LogP contribution is 2.28. The summed E-state index contributed by atoms with van der Waals surface area (Å²) in [6, 6.07) is 21.1. The van der Waals surface area contributed by atoms with Crippen molar-refractivity contribution in [2.75, 3.05) is 0 Å². The van der Waals surface area contributed by atoms with E-state index in [1.54, 1.807) is 18.2 Å². The number of nitro benzene ring substituents is 1. The zero-order chi connectivity index (χ0) is 20.8. The zero-order valence-corrected chi connectivity index (χ0v) is 17.2. The van der Waals surface area contributed by atoms with Crippen LogP contribution in [-0.2, 0) is 5.75 Å². The van der Waals surface area contributed by atoms with Crippen LogP contribution in [0.15, 0.2) is 77.7 Å². The van der Waals surface area contributed by atoms with Crippen LogP contribution in [0.4, 0.5) is 5.69 Å². The number of allylic oxidation sites excluding steroid dienone is 1. The van der Waals surface area contributed by atoms with Crippen molar-refractivity contribution in [1.29, 1.82) is 0 Å². The van der Waals surface area contributed by atoms with Crippen LogP contribution in [0.5, 0.6) is 0 Å². The molecule has 146 valence electrons. The number of non-ortho nitro benzene ring substituents is 1. The lowest BCUT2D eigenvalue weighted by molar-refractivity contribution is -0.384. The average Bonchev–Trinajstić information content (AvgIpc) is 2.72. The minimum absolute atomic E-state index is 0.0161. The molecule has 3 rings (SSSR count). The Morgan fingerprint density at radius 3 is 2.21 bits per heavy atom. The third-order valence-electron chi connectivity index (χ3n) is 4.25. The van der Waals surface area contributed by atoms with Crippen molar-refractivity contribution >= 4 is 40.9 Å². The molecular weight excluding hydrogens is 406 g/mol. The molecule has 3 aromatic rings. The maximum Gasteiger partial charge on any atom is 0.269 e. The summed E-state index contributed by atoms with van der Waals surface area (Å²) in [6.07, 6.45) is 1.77. The maximum atomic E-state index is 13.1. The standard InChI is InChI=1S/C23H18ClNO3S/c1-16-2-8-19(9-3-16)23(26)22(29-15-18-4-10-20(24)11-5-18)14-17-6-12-21(13-7-17)25(27)28/h2-14H,15H2,1H3/b22-14-. The van der Waals surface area contributed by atoms with E-state index in [0.29, 0.717) is 21.2 Å². The topological polar surface area (TPSA) is 60.2 Å². The number of rotatable bonds is 7. The van der Waals surface area contributed by atoms with E-state index in [4.69, 9.17) is 11.6 Å². The summed E-state index contributed by atoms with van der Waals surface area (Å²) >= 11 is 7.37. The molecule has 0 saturated carbocycles. The fourth-order valence-corrected chi connectivity index (χ4v) is 3.71. The van der Waals surface area contributed by atoms with Crippen LogP contribution >= 0.6 is 23.4 Å². The monoisotopic (exact) mass is 423 g/mol. The molecule has 0 radical (unpaired) electrons. The lowest BCUT2D eigenvalue weighted by Gasteiger charge is -2.08. The van der Waals surface area contributed by atoms with E-state index in [-0.39, 0.29) is 11.5 Å². The predicted octanol–water partition coefficient (Wildman–Crippen LogP) is 6.71. The van der Waals surface area contributed by atoms with Crippen molar-refractivity contribution < 1.29 is 9.72 Å².